The van der Waals surface area contributed by atoms with Crippen molar-refractivity contribution in [3.05, 3.63) is 0 Å². The Balaban J connectivity index is 3.19. The largest absolute Gasteiger partial charge is 0.481 e. The van der Waals surface area contributed by atoms with Gasteiger partial charge in [-0.05, 0) is 38.5 Å². The first kappa shape index (κ1) is 43.7. The Morgan fingerprint density at radius 1 is 0.725 bits per heavy atom. The van der Waals surface area contributed by atoms with Crippen molar-refractivity contribution in [2.24, 2.45) is 17.4 Å². The fourth-order valence-electron chi connectivity index (χ4n) is 5.19. The van der Waals surface area contributed by atoms with Crippen molar-refractivity contribution in [3.8, 4) is 0 Å². The maximum atomic E-state index is 13.6. The zero-order chi connectivity index (χ0) is 39.2. The van der Waals surface area contributed by atoms with Crippen molar-refractivity contribution in [2.75, 3.05) is 6.54 Å². The molecule has 51 heavy (non-hydrogen) atoms. The van der Waals surface area contributed by atoms with Crippen LogP contribution in [-0.4, -0.2) is 128 Å². The zero-order valence-corrected chi connectivity index (χ0v) is 28.8. The van der Waals surface area contributed by atoms with Crippen LogP contribution in [0.15, 0.2) is 0 Å². The minimum atomic E-state index is -1.73. The lowest BCUT2D eigenvalue weighted by molar-refractivity contribution is -0.145. The van der Waals surface area contributed by atoms with Gasteiger partial charge in [0.1, 0.15) is 36.3 Å². The fraction of sp³-hybridized carbons (Fsp3) is 0.667. The summed E-state index contributed by atoms with van der Waals surface area (Å²) in [5.41, 5.74) is 10.6. The Morgan fingerprint density at radius 3 is 1.73 bits per heavy atom. The van der Waals surface area contributed by atoms with E-state index in [1.807, 2.05) is 0 Å². The smallest absolute Gasteiger partial charge is 0.303 e. The average molecular weight is 729 g/mol. The van der Waals surface area contributed by atoms with E-state index in [2.05, 4.69) is 26.6 Å². The monoisotopic (exact) mass is 728 g/mol. The highest BCUT2D eigenvalue weighted by Gasteiger charge is 2.41. The fourth-order valence-corrected chi connectivity index (χ4v) is 5.19. The molecule has 7 atom stereocenters. The van der Waals surface area contributed by atoms with Crippen LogP contribution in [0.3, 0.4) is 0 Å². The number of carboxylic acid groups (broad SMARTS) is 2. The van der Waals surface area contributed by atoms with Gasteiger partial charge in [-0.15, -0.1) is 0 Å². The summed E-state index contributed by atoms with van der Waals surface area (Å²) in [6.45, 7) is 5.32. The van der Waals surface area contributed by atoms with Gasteiger partial charge >= 0.3 is 11.9 Å². The molecule has 0 saturated carbocycles. The molecule has 1 heterocycles. The molecule has 1 rings (SSSR count). The molecule has 1 aliphatic heterocycles. The standard InChI is InChI=1S/C30H48N8O13/c1-13(2)23(36-26(47)17(33-15(4)40)8-10-22(44)45)29(50)35-18(12-20(31)41)27(48)37-24(14(3)39)30(51)38-11-5-6-19(38)28(49)34-16(25(32)46)7-9-21(42)43/h13-14,16-19,23-24,39H,5-12H2,1-4H3,(H2,31,41)(H2,32,46)(H,33,40)(H,34,49)(H,35,50)(H,36,47)(H,37,48)(H,42,43)(H,44,45)/t14?,16-,17-,18-,19-,23-,24-/m0/s1. The van der Waals surface area contributed by atoms with Crippen LogP contribution < -0.4 is 38.1 Å². The van der Waals surface area contributed by atoms with Gasteiger partial charge < -0.3 is 58.3 Å². The van der Waals surface area contributed by atoms with Gasteiger partial charge in [0.25, 0.3) is 0 Å². The summed E-state index contributed by atoms with van der Waals surface area (Å²) in [7, 11) is 0. The molecule has 12 N–H and O–H groups in total. The molecule has 0 aromatic rings. The van der Waals surface area contributed by atoms with Crippen molar-refractivity contribution in [1.29, 1.82) is 0 Å². The number of nitrogens with zero attached hydrogens (tertiary/aromatic N) is 1. The van der Waals surface area contributed by atoms with Crippen LogP contribution in [-0.2, 0) is 47.9 Å². The van der Waals surface area contributed by atoms with E-state index in [4.69, 9.17) is 21.7 Å². The lowest BCUT2D eigenvalue weighted by Crippen LogP contribution is -2.62. The third-order valence-electron chi connectivity index (χ3n) is 7.82. The molecule has 0 bridgehead atoms. The number of amides is 8. The van der Waals surface area contributed by atoms with Gasteiger partial charge in [0.15, 0.2) is 0 Å². The molecule has 21 heteroatoms. The number of hydrogen-bond donors (Lipinski definition) is 10. The molecule has 8 amide bonds. The Hall–Kier alpha value is -5.34. The van der Waals surface area contributed by atoms with Crippen molar-refractivity contribution in [3.63, 3.8) is 0 Å². The summed E-state index contributed by atoms with van der Waals surface area (Å²) >= 11 is 0. The topological polar surface area (TPSA) is 347 Å². The maximum Gasteiger partial charge on any atom is 0.303 e. The molecule has 1 fully saturated rings. The molecule has 21 nitrogen and oxygen atoms in total. The van der Waals surface area contributed by atoms with Crippen molar-refractivity contribution < 1.29 is 63.3 Å². The Labute approximate surface area is 293 Å². The molecule has 1 aliphatic rings. The highest BCUT2D eigenvalue weighted by molar-refractivity contribution is 5.98. The Bertz CT molecular complexity index is 1350. The van der Waals surface area contributed by atoms with Gasteiger partial charge in [-0.1, -0.05) is 13.8 Å². The van der Waals surface area contributed by atoms with E-state index in [-0.39, 0.29) is 25.8 Å². The minimum absolute atomic E-state index is 0.00443. The van der Waals surface area contributed by atoms with Crippen LogP contribution in [0, 0.1) is 5.92 Å². The number of aliphatic carboxylic acids is 2. The van der Waals surface area contributed by atoms with Crippen LogP contribution in [0.1, 0.15) is 72.6 Å². The van der Waals surface area contributed by atoms with Crippen molar-refractivity contribution in [1.82, 2.24) is 31.5 Å². The highest BCUT2D eigenvalue weighted by Crippen LogP contribution is 2.20. The number of carboxylic acids is 2. The number of nitrogens with one attached hydrogen (secondary N) is 5. The van der Waals surface area contributed by atoms with Crippen LogP contribution >= 0.6 is 0 Å². The van der Waals surface area contributed by atoms with Crippen molar-refractivity contribution in [2.45, 2.75) is 115 Å². The zero-order valence-electron chi connectivity index (χ0n) is 28.8. The molecular formula is C30H48N8O13. The second-order valence-corrected chi connectivity index (χ2v) is 12.5. The summed E-state index contributed by atoms with van der Waals surface area (Å²) in [5.74, 6) is -10.6. The summed E-state index contributed by atoms with van der Waals surface area (Å²) in [4.78, 5) is 125. The molecule has 1 saturated heterocycles. The number of carbonyl (C=O) groups excluding carboxylic acids is 8. The van der Waals surface area contributed by atoms with E-state index >= 15 is 0 Å². The molecule has 1 unspecified atom stereocenters. The Kier molecular flexibility index (Phi) is 17.4. The summed E-state index contributed by atoms with van der Waals surface area (Å²) < 4.78 is 0. The van der Waals surface area contributed by atoms with E-state index in [1.54, 1.807) is 0 Å². The van der Waals surface area contributed by atoms with Gasteiger partial charge in [-0.3, -0.25) is 47.9 Å². The summed E-state index contributed by atoms with van der Waals surface area (Å²) in [6.07, 6.45) is -3.51. The molecule has 0 aromatic heterocycles. The number of aliphatic hydroxyl groups is 1. The predicted octanol–water partition coefficient (Wildman–Crippen LogP) is -4.45. The minimum Gasteiger partial charge on any atom is -0.481 e. The van der Waals surface area contributed by atoms with E-state index in [0.717, 1.165) is 18.7 Å². The van der Waals surface area contributed by atoms with Crippen LogP contribution in [0.4, 0.5) is 0 Å². The van der Waals surface area contributed by atoms with Crippen LogP contribution in [0.25, 0.3) is 0 Å². The number of carbonyl (C=O) groups is 10. The second kappa shape index (κ2) is 20.4. The summed E-state index contributed by atoms with van der Waals surface area (Å²) in [5, 5.41) is 40.0. The van der Waals surface area contributed by atoms with Gasteiger partial charge in [-0.2, -0.15) is 0 Å². The number of likely N-dealkylation sites (tertiary alicyclic amines) is 1. The molecule has 0 aliphatic carbocycles. The first-order valence-electron chi connectivity index (χ1n) is 16.1. The second-order valence-electron chi connectivity index (χ2n) is 12.5. The predicted molar refractivity (Wildman–Crippen MR) is 173 cm³/mol. The molecule has 0 radical (unpaired) electrons. The number of aliphatic hydroxyl groups excluding tert-OH is 1. The number of primary amides is 2. The van der Waals surface area contributed by atoms with Gasteiger partial charge in [0.2, 0.25) is 47.3 Å². The molecular weight excluding hydrogens is 680 g/mol. The number of nitrogens with two attached hydrogens (primary N) is 2. The van der Waals surface area contributed by atoms with Crippen molar-refractivity contribution >= 4 is 59.2 Å². The first-order valence-corrected chi connectivity index (χ1v) is 16.1. The quantitative estimate of drug-likeness (QED) is 0.0534. The lowest BCUT2D eigenvalue weighted by Gasteiger charge is -2.32. The SMILES string of the molecule is CC(=O)N[C@@H](CCC(=O)O)C(=O)N[C@H](C(=O)N[C@@H](CC(N)=O)C(=O)N[C@H](C(=O)N1CCC[C@H]1C(=O)N[C@@H](CCC(=O)O)C(N)=O)C(C)O)C(C)C. The lowest BCUT2D eigenvalue weighted by atomic mass is 10.0. The van der Waals surface area contributed by atoms with E-state index in [0.29, 0.717) is 6.42 Å². The third kappa shape index (κ3) is 14.6. The van der Waals surface area contributed by atoms with E-state index < -0.39 is 127 Å². The maximum absolute atomic E-state index is 13.6. The first-order chi connectivity index (χ1) is 23.7. The number of hydrogen-bond acceptors (Lipinski definition) is 11. The van der Waals surface area contributed by atoms with Crippen LogP contribution in [0.5, 0.6) is 0 Å². The summed E-state index contributed by atoms with van der Waals surface area (Å²) in [6, 6.07) is -8.68. The molecule has 0 aromatic carbocycles. The Morgan fingerprint density at radius 2 is 1.25 bits per heavy atom. The van der Waals surface area contributed by atoms with Crippen LogP contribution in [0.2, 0.25) is 0 Å². The highest BCUT2D eigenvalue weighted by atomic mass is 16.4. The van der Waals surface area contributed by atoms with E-state index in [9.17, 15) is 53.1 Å². The average Bonchev–Trinajstić information content (AvgIpc) is 3.51. The normalized spacial score (nSPS) is 17.5. The van der Waals surface area contributed by atoms with Gasteiger partial charge in [0.05, 0.1) is 12.5 Å². The molecule has 0 spiro atoms. The number of rotatable bonds is 21. The van der Waals surface area contributed by atoms with Gasteiger partial charge in [-0.25, -0.2) is 0 Å². The third-order valence-corrected chi connectivity index (χ3v) is 7.82. The van der Waals surface area contributed by atoms with Gasteiger partial charge in [0, 0.05) is 26.3 Å². The van der Waals surface area contributed by atoms with E-state index in [1.165, 1.54) is 13.8 Å². The molecule has 286 valence electrons.